The maximum absolute atomic E-state index is 12.6. The van der Waals surface area contributed by atoms with Crippen LogP contribution >= 0.6 is 11.6 Å². The first-order chi connectivity index (χ1) is 14.0. The number of para-hydroxylation sites is 1. The van der Waals surface area contributed by atoms with Crippen LogP contribution < -0.4 is 10.6 Å². The highest BCUT2D eigenvalue weighted by Crippen LogP contribution is 2.27. The summed E-state index contributed by atoms with van der Waals surface area (Å²) in [5.74, 6) is -0.337. The second-order valence-electron chi connectivity index (χ2n) is 6.44. The summed E-state index contributed by atoms with van der Waals surface area (Å²) in [6, 6.07) is 19.3. The van der Waals surface area contributed by atoms with Gasteiger partial charge >= 0.3 is 0 Å². The minimum atomic E-state index is -0.537. The van der Waals surface area contributed by atoms with Crippen LogP contribution in [-0.2, 0) is 13.0 Å². The molecule has 29 heavy (non-hydrogen) atoms. The Balaban J connectivity index is 1.70. The van der Waals surface area contributed by atoms with Crippen molar-refractivity contribution in [2.24, 2.45) is 0 Å². The van der Waals surface area contributed by atoms with E-state index in [0.717, 1.165) is 17.7 Å². The summed E-state index contributed by atoms with van der Waals surface area (Å²) >= 11 is 6.05. The average molecular weight is 410 g/mol. The van der Waals surface area contributed by atoms with Crippen LogP contribution in [0.1, 0.15) is 28.4 Å². The van der Waals surface area contributed by atoms with Gasteiger partial charge in [-0.3, -0.25) is 14.9 Å². The third-order valence-electron chi connectivity index (χ3n) is 4.48. The van der Waals surface area contributed by atoms with Crippen molar-refractivity contribution >= 4 is 34.6 Å². The van der Waals surface area contributed by atoms with E-state index < -0.39 is 4.92 Å². The van der Waals surface area contributed by atoms with Gasteiger partial charge in [0.2, 0.25) is 0 Å². The third kappa shape index (κ3) is 5.12. The molecule has 3 rings (SSSR count). The van der Waals surface area contributed by atoms with E-state index in [1.54, 1.807) is 12.1 Å². The molecule has 0 aliphatic heterocycles. The Morgan fingerprint density at radius 2 is 1.83 bits per heavy atom. The number of carbonyl (C=O) groups is 1. The Morgan fingerprint density at radius 1 is 1.03 bits per heavy atom. The lowest BCUT2D eigenvalue weighted by atomic mass is 10.1. The summed E-state index contributed by atoms with van der Waals surface area (Å²) in [6.07, 6.45) is 0.932. The Labute approximate surface area is 173 Å². The number of amides is 1. The second kappa shape index (κ2) is 9.21. The molecule has 0 saturated heterocycles. The summed E-state index contributed by atoms with van der Waals surface area (Å²) in [4.78, 5) is 22.9. The lowest BCUT2D eigenvalue weighted by molar-refractivity contribution is -0.384. The standard InChI is InChI=1S/C22H20ClN3O3/c1-2-16-7-3-4-9-20(16)24-14-15-6-5-8-17(12-15)22(27)25-21-11-10-18(26(28)29)13-19(21)23/h3-13,24H,2,14H2,1H3,(H,25,27). The number of anilines is 2. The maximum atomic E-state index is 12.6. The lowest BCUT2D eigenvalue weighted by Gasteiger charge is -2.12. The lowest BCUT2D eigenvalue weighted by Crippen LogP contribution is -2.13. The molecule has 0 unspecified atom stereocenters. The van der Waals surface area contributed by atoms with Crippen molar-refractivity contribution in [1.82, 2.24) is 0 Å². The fourth-order valence-electron chi connectivity index (χ4n) is 2.93. The van der Waals surface area contributed by atoms with Gasteiger partial charge in [-0.05, 0) is 41.8 Å². The zero-order chi connectivity index (χ0) is 20.8. The second-order valence-corrected chi connectivity index (χ2v) is 6.85. The molecule has 6 nitrogen and oxygen atoms in total. The van der Waals surface area contributed by atoms with Crippen molar-refractivity contribution in [3.8, 4) is 0 Å². The van der Waals surface area contributed by atoms with E-state index in [2.05, 4.69) is 23.6 Å². The Hall–Kier alpha value is -3.38. The molecule has 0 atom stereocenters. The van der Waals surface area contributed by atoms with Gasteiger partial charge in [0.05, 0.1) is 15.6 Å². The van der Waals surface area contributed by atoms with Crippen molar-refractivity contribution in [2.45, 2.75) is 19.9 Å². The van der Waals surface area contributed by atoms with E-state index in [9.17, 15) is 14.9 Å². The zero-order valence-corrected chi connectivity index (χ0v) is 16.6. The number of benzene rings is 3. The number of non-ortho nitro benzene ring substituents is 1. The van der Waals surface area contributed by atoms with Crippen molar-refractivity contribution in [2.75, 3.05) is 10.6 Å². The fraction of sp³-hybridized carbons (Fsp3) is 0.136. The van der Waals surface area contributed by atoms with E-state index in [4.69, 9.17) is 11.6 Å². The Kier molecular flexibility index (Phi) is 6.46. The van der Waals surface area contributed by atoms with Crippen LogP contribution in [0.5, 0.6) is 0 Å². The number of hydrogen-bond donors (Lipinski definition) is 2. The number of halogens is 1. The summed E-state index contributed by atoms with van der Waals surface area (Å²) < 4.78 is 0. The average Bonchev–Trinajstić information content (AvgIpc) is 2.73. The minimum absolute atomic E-state index is 0.113. The number of nitrogens with zero attached hydrogens (tertiary/aromatic N) is 1. The van der Waals surface area contributed by atoms with E-state index >= 15 is 0 Å². The van der Waals surface area contributed by atoms with E-state index in [0.29, 0.717) is 17.8 Å². The molecule has 1 amide bonds. The zero-order valence-electron chi connectivity index (χ0n) is 15.8. The summed E-state index contributed by atoms with van der Waals surface area (Å²) in [5, 5.41) is 17.0. The van der Waals surface area contributed by atoms with Crippen molar-refractivity contribution < 1.29 is 9.72 Å². The van der Waals surface area contributed by atoms with Crippen molar-refractivity contribution in [1.29, 1.82) is 0 Å². The molecule has 0 saturated carbocycles. The predicted molar refractivity (Wildman–Crippen MR) is 116 cm³/mol. The molecule has 148 valence electrons. The van der Waals surface area contributed by atoms with Crippen molar-refractivity contribution in [3.05, 3.63) is 98.6 Å². The molecule has 0 aliphatic rings. The highest BCUT2D eigenvalue weighted by atomic mass is 35.5. The van der Waals surface area contributed by atoms with Gasteiger partial charge in [-0.2, -0.15) is 0 Å². The van der Waals surface area contributed by atoms with Crippen LogP contribution in [0.2, 0.25) is 5.02 Å². The number of nitro groups is 1. The maximum Gasteiger partial charge on any atom is 0.271 e. The minimum Gasteiger partial charge on any atom is -0.381 e. The Bertz CT molecular complexity index is 1050. The van der Waals surface area contributed by atoms with Crippen molar-refractivity contribution in [3.63, 3.8) is 0 Å². The third-order valence-corrected chi connectivity index (χ3v) is 4.79. The van der Waals surface area contributed by atoms with Crippen LogP contribution in [0.25, 0.3) is 0 Å². The largest absolute Gasteiger partial charge is 0.381 e. The molecule has 7 heteroatoms. The van der Waals surface area contributed by atoms with E-state index in [1.807, 2.05) is 30.3 Å². The Morgan fingerprint density at radius 3 is 2.55 bits per heavy atom. The van der Waals surface area contributed by atoms with Gasteiger partial charge in [-0.25, -0.2) is 0 Å². The van der Waals surface area contributed by atoms with E-state index in [-0.39, 0.29) is 16.6 Å². The number of aryl methyl sites for hydroxylation is 1. The molecular formula is C22H20ClN3O3. The first-order valence-electron chi connectivity index (χ1n) is 9.14. The summed E-state index contributed by atoms with van der Waals surface area (Å²) in [5.41, 5.74) is 3.92. The van der Waals surface area contributed by atoms with Crippen LogP contribution in [0.4, 0.5) is 17.1 Å². The number of rotatable bonds is 7. The molecule has 0 bridgehead atoms. The van der Waals surface area contributed by atoms with Gasteiger partial charge in [-0.1, -0.05) is 48.9 Å². The number of hydrogen-bond acceptors (Lipinski definition) is 4. The predicted octanol–water partition coefficient (Wildman–Crippen LogP) is 5.68. The van der Waals surface area contributed by atoms with Gasteiger partial charge in [0.25, 0.3) is 11.6 Å². The highest BCUT2D eigenvalue weighted by Gasteiger charge is 2.13. The van der Waals surface area contributed by atoms with Gasteiger partial charge in [0.15, 0.2) is 0 Å². The highest BCUT2D eigenvalue weighted by molar-refractivity contribution is 6.34. The van der Waals surface area contributed by atoms with Gasteiger partial charge < -0.3 is 10.6 Å². The molecular weight excluding hydrogens is 390 g/mol. The topological polar surface area (TPSA) is 84.3 Å². The molecule has 2 N–H and O–H groups in total. The summed E-state index contributed by atoms with van der Waals surface area (Å²) in [6.45, 7) is 2.69. The molecule has 0 radical (unpaired) electrons. The molecule has 3 aromatic rings. The van der Waals surface area contributed by atoms with Gasteiger partial charge in [0.1, 0.15) is 0 Å². The molecule has 0 fully saturated rings. The monoisotopic (exact) mass is 409 g/mol. The quantitative estimate of drug-likeness (QED) is 0.388. The first kappa shape index (κ1) is 20.4. The molecule has 0 heterocycles. The molecule has 0 spiro atoms. The number of nitrogens with one attached hydrogen (secondary N) is 2. The first-order valence-corrected chi connectivity index (χ1v) is 9.51. The normalized spacial score (nSPS) is 10.4. The van der Waals surface area contributed by atoms with Crippen LogP contribution in [0.3, 0.4) is 0 Å². The molecule has 0 aromatic heterocycles. The molecule has 3 aromatic carbocycles. The van der Waals surface area contributed by atoms with Crippen LogP contribution in [-0.4, -0.2) is 10.8 Å². The summed E-state index contributed by atoms with van der Waals surface area (Å²) in [7, 11) is 0. The smallest absolute Gasteiger partial charge is 0.271 e. The number of nitro benzene ring substituents is 1. The fourth-order valence-corrected chi connectivity index (χ4v) is 3.16. The van der Waals surface area contributed by atoms with Crippen LogP contribution in [0.15, 0.2) is 66.7 Å². The SMILES string of the molecule is CCc1ccccc1NCc1cccc(C(=O)Nc2ccc([N+](=O)[O-])cc2Cl)c1. The molecule has 0 aliphatic carbocycles. The number of carbonyl (C=O) groups excluding carboxylic acids is 1. The van der Waals surface area contributed by atoms with E-state index in [1.165, 1.54) is 23.8 Å². The van der Waals surface area contributed by atoms with Gasteiger partial charge in [0, 0.05) is 29.9 Å². The van der Waals surface area contributed by atoms with Gasteiger partial charge in [-0.15, -0.1) is 0 Å². The van der Waals surface area contributed by atoms with Crippen LogP contribution in [0, 0.1) is 10.1 Å².